The molecule has 1 heterocycles. The van der Waals surface area contributed by atoms with Crippen LogP contribution >= 0.6 is 0 Å². The van der Waals surface area contributed by atoms with Crippen molar-refractivity contribution in [3.05, 3.63) is 77.1 Å². The maximum absolute atomic E-state index is 14.3. The molecule has 0 radical (unpaired) electrons. The lowest BCUT2D eigenvalue weighted by atomic mass is 9.93. The van der Waals surface area contributed by atoms with Gasteiger partial charge in [0.2, 0.25) is 5.91 Å². The van der Waals surface area contributed by atoms with Crippen LogP contribution in [0.5, 0.6) is 5.75 Å². The van der Waals surface area contributed by atoms with Crippen LogP contribution in [0.1, 0.15) is 59.8 Å². The van der Waals surface area contributed by atoms with Crippen LogP contribution in [0.25, 0.3) is 0 Å². The summed E-state index contributed by atoms with van der Waals surface area (Å²) in [6, 6.07) is 9.83. The molecule has 2 aliphatic carbocycles. The van der Waals surface area contributed by atoms with E-state index >= 15 is 0 Å². The minimum Gasteiger partial charge on any atom is -0.419 e. The zero-order chi connectivity index (χ0) is 23.2. The lowest BCUT2D eigenvalue weighted by molar-refractivity contribution is -0.118. The summed E-state index contributed by atoms with van der Waals surface area (Å²) in [7, 11) is 0. The molecule has 1 amide bonds. The molecule has 2 fully saturated rings. The molecule has 1 N–H and O–H groups in total. The van der Waals surface area contributed by atoms with E-state index in [1.807, 2.05) is 4.68 Å². The number of aryl methyl sites for hydroxylation is 1. The molecule has 8 heteroatoms. The van der Waals surface area contributed by atoms with Gasteiger partial charge in [-0.15, -0.1) is 0 Å². The zero-order valence-electron chi connectivity index (χ0n) is 18.1. The predicted molar refractivity (Wildman–Crippen MR) is 117 cm³/mol. The Morgan fingerprint density at radius 2 is 1.94 bits per heavy atom. The Bertz CT molecular complexity index is 1250. The molecule has 5 rings (SSSR count). The van der Waals surface area contributed by atoms with Gasteiger partial charge in [-0.3, -0.25) is 9.48 Å². The third kappa shape index (κ3) is 4.01. The van der Waals surface area contributed by atoms with Gasteiger partial charge < -0.3 is 10.1 Å². The molecular weight excluding hydrogens is 428 g/mol. The van der Waals surface area contributed by atoms with E-state index in [9.17, 15) is 18.4 Å². The number of anilines is 1. The zero-order valence-corrected chi connectivity index (χ0v) is 18.1. The highest BCUT2D eigenvalue weighted by atomic mass is 19.1. The highest BCUT2D eigenvalue weighted by molar-refractivity contribution is 6.02. The smallest absolute Gasteiger partial charge is 0.343 e. The van der Waals surface area contributed by atoms with E-state index in [2.05, 4.69) is 10.4 Å². The van der Waals surface area contributed by atoms with Gasteiger partial charge in [0.05, 0.1) is 23.2 Å². The molecule has 0 bridgehead atoms. The lowest BCUT2D eigenvalue weighted by Gasteiger charge is -2.25. The monoisotopic (exact) mass is 451 g/mol. The number of amides is 1. The maximum atomic E-state index is 14.3. The number of hydrogen-bond acceptors (Lipinski definition) is 4. The van der Waals surface area contributed by atoms with Crippen molar-refractivity contribution in [2.24, 2.45) is 0 Å². The van der Waals surface area contributed by atoms with E-state index in [0.717, 1.165) is 31.0 Å². The molecule has 1 aromatic heterocycles. The number of rotatable bonds is 6. The number of carbonyl (C=O) groups is 2. The third-order valence-electron chi connectivity index (χ3n) is 6.51. The molecular formula is C25H23F2N3O3. The lowest BCUT2D eigenvalue weighted by Crippen LogP contribution is -2.29. The molecule has 0 aliphatic heterocycles. The minimum atomic E-state index is -1.10. The van der Waals surface area contributed by atoms with E-state index in [-0.39, 0.29) is 11.1 Å². The molecule has 0 atom stereocenters. The Balaban J connectivity index is 1.30. The fraction of sp³-hybridized carbons (Fsp3) is 0.320. The van der Waals surface area contributed by atoms with Crippen molar-refractivity contribution in [2.45, 2.75) is 50.5 Å². The van der Waals surface area contributed by atoms with Crippen molar-refractivity contribution in [1.29, 1.82) is 0 Å². The summed E-state index contributed by atoms with van der Waals surface area (Å²) in [4.78, 5) is 25.7. The number of aromatic nitrogens is 2. The van der Waals surface area contributed by atoms with Crippen molar-refractivity contribution in [1.82, 2.24) is 9.78 Å². The van der Waals surface area contributed by atoms with Gasteiger partial charge in [0.1, 0.15) is 17.3 Å². The number of carbonyl (C=O) groups excluding carboxylic acids is 2. The van der Waals surface area contributed by atoms with E-state index in [0.29, 0.717) is 36.0 Å². The van der Waals surface area contributed by atoms with Gasteiger partial charge in [0.25, 0.3) is 0 Å². The summed E-state index contributed by atoms with van der Waals surface area (Å²) >= 11 is 0. The second-order valence-electron chi connectivity index (χ2n) is 8.77. The predicted octanol–water partition coefficient (Wildman–Crippen LogP) is 5.08. The Hall–Kier alpha value is -3.55. The van der Waals surface area contributed by atoms with Crippen LogP contribution in [-0.4, -0.2) is 21.7 Å². The van der Waals surface area contributed by atoms with Gasteiger partial charge in [0, 0.05) is 11.3 Å². The highest BCUT2D eigenvalue weighted by Gasteiger charge is 2.53. The minimum absolute atomic E-state index is 0.0505. The fourth-order valence-corrected chi connectivity index (χ4v) is 4.14. The van der Waals surface area contributed by atoms with Gasteiger partial charge in [-0.25, -0.2) is 13.6 Å². The number of halogens is 2. The molecule has 2 aromatic carbocycles. The summed E-state index contributed by atoms with van der Waals surface area (Å²) in [5.74, 6) is -1.81. The maximum Gasteiger partial charge on any atom is 0.343 e. The van der Waals surface area contributed by atoms with Gasteiger partial charge in [-0.05, 0) is 75.4 Å². The first-order valence-corrected chi connectivity index (χ1v) is 11.0. The Morgan fingerprint density at radius 1 is 1.15 bits per heavy atom. The number of hydrogen-bond donors (Lipinski definition) is 1. The first kappa shape index (κ1) is 21.3. The topological polar surface area (TPSA) is 73.2 Å². The van der Waals surface area contributed by atoms with Crippen LogP contribution < -0.4 is 10.1 Å². The molecule has 33 heavy (non-hydrogen) atoms. The third-order valence-corrected chi connectivity index (χ3v) is 6.51. The molecule has 2 saturated carbocycles. The Morgan fingerprint density at radius 3 is 2.64 bits per heavy atom. The largest absolute Gasteiger partial charge is 0.419 e. The second-order valence-corrected chi connectivity index (χ2v) is 8.77. The van der Waals surface area contributed by atoms with Gasteiger partial charge in [-0.1, -0.05) is 6.07 Å². The summed E-state index contributed by atoms with van der Waals surface area (Å²) in [5, 5.41) is 7.18. The highest BCUT2D eigenvalue weighted by Crippen LogP contribution is 2.50. The fourth-order valence-electron chi connectivity index (χ4n) is 4.14. The summed E-state index contributed by atoms with van der Waals surface area (Å²) < 4.78 is 35.3. The number of benzene rings is 2. The summed E-state index contributed by atoms with van der Waals surface area (Å²) in [5.41, 5.74) is 0.211. The average molecular weight is 451 g/mol. The van der Waals surface area contributed by atoms with Gasteiger partial charge in [-0.2, -0.15) is 5.10 Å². The van der Waals surface area contributed by atoms with Crippen LogP contribution in [0.3, 0.4) is 0 Å². The van der Waals surface area contributed by atoms with Crippen molar-refractivity contribution >= 4 is 17.6 Å². The molecule has 6 nitrogen and oxygen atoms in total. The van der Waals surface area contributed by atoms with E-state index < -0.39 is 28.9 Å². The quantitative estimate of drug-likeness (QED) is 0.530. The SMILES string of the molecule is Cc1nn(C2CCC2)cc1OC(=O)c1cccc(NC(=O)C2(c3cc(F)ccc3F)CC2)c1. The molecule has 0 saturated heterocycles. The molecule has 0 spiro atoms. The first-order valence-electron chi connectivity index (χ1n) is 11.0. The Labute approximate surface area is 189 Å². The summed E-state index contributed by atoms with van der Waals surface area (Å²) in [6.07, 6.45) is 5.89. The number of ether oxygens (including phenoxy) is 1. The molecule has 170 valence electrons. The number of esters is 1. The van der Waals surface area contributed by atoms with E-state index in [1.54, 1.807) is 31.3 Å². The van der Waals surface area contributed by atoms with E-state index in [4.69, 9.17) is 4.74 Å². The van der Waals surface area contributed by atoms with Gasteiger partial charge in [0.15, 0.2) is 5.75 Å². The van der Waals surface area contributed by atoms with Crippen LogP contribution in [-0.2, 0) is 10.2 Å². The number of nitrogens with one attached hydrogen (secondary N) is 1. The first-order chi connectivity index (χ1) is 15.9. The normalized spacial score (nSPS) is 16.7. The van der Waals surface area contributed by atoms with Crippen molar-refractivity contribution in [2.75, 3.05) is 5.32 Å². The van der Waals surface area contributed by atoms with E-state index in [1.165, 1.54) is 12.5 Å². The summed E-state index contributed by atoms with van der Waals surface area (Å²) in [6.45, 7) is 1.79. The van der Waals surface area contributed by atoms with Gasteiger partial charge >= 0.3 is 5.97 Å². The van der Waals surface area contributed by atoms with Crippen LogP contribution in [0.4, 0.5) is 14.5 Å². The second kappa shape index (κ2) is 8.10. The Kier molecular flexibility index (Phi) is 5.23. The molecule has 2 aliphatic rings. The van der Waals surface area contributed by atoms with Crippen LogP contribution in [0, 0.1) is 18.6 Å². The van der Waals surface area contributed by atoms with Crippen molar-refractivity contribution < 1.29 is 23.1 Å². The molecule has 3 aromatic rings. The average Bonchev–Trinajstić information content (AvgIpc) is 3.49. The van der Waals surface area contributed by atoms with Crippen molar-refractivity contribution in [3.63, 3.8) is 0 Å². The standard InChI is InChI=1S/C25H23F2N3O3/c1-15-22(14-30(29-15)19-6-3-7-19)33-23(31)16-4-2-5-18(12-16)28-24(32)25(10-11-25)20-13-17(26)8-9-21(20)27/h2,4-5,8-9,12-14,19H,3,6-7,10-11H2,1H3,(H,28,32). The molecule has 0 unspecified atom stereocenters. The number of nitrogens with zero attached hydrogens (tertiary/aromatic N) is 2. The van der Waals surface area contributed by atoms with Crippen molar-refractivity contribution in [3.8, 4) is 5.75 Å². The van der Waals surface area contributed by atoms with Crippen LogP contribution in [0.15, 0.2) is 48.7 Å². The van der Waals surface area contributed by atoms with Crippen LogP contribution in [0.2, 0.25) is 0 Å².